The van der Waals surface area contributed by atoms with Crippen LogP contribution in [-0.2, 0) is 0 Å². The van der Waals surface area contributed by atoms with E-state index in [1.54, 1.807) is 12.5 Å². The van der Waals surface area contributed by atoms with Gasteiger partial charge >= 0.3 is 0 Å². The average Bonchev–Trinajstić information content (AvgIpc) is 2.85. The number of fused-ring (bicyclic) bond motifs is 1. The number of unbranched alkanes of at least 4 members (excludes halogenated alkanes) is 2. The summed E-state index contributed by atoms with van der Waals surface area (Å²) in [7, 11) is 0. The molecule has 0 bridgehead atoms. The maximum Gasteiger partial charge on any atom is 0.203 e. The van der Waals surface area contributed by atoms with Crippen molar-refractivity contribution in [3.05, 3.63) is 18.7 Å². The van der Waals surface area contributed by atoms with Gasteiger partial charge in [0.15, 0.2) is 5.82 Å². The Hall–Kier alpha value is -1.65. The minimum atomic E-state index is 0.268. The van der Waals surface area contributed by atoms with Gasteiger partial charge in [-0.2, -0.15) is 0 Å². The molecule has 0 spiro atoms. The third kappa shape index (κ3) is 3.66. The van der Waals surface area contributed by atoms with Gasteiger partial charge in [0.25, 0.3) is 0 Å². The topological polar surface area (TPSA) is 55.1 Å². The zero-order valence-electron chi connectivity index (χ0n) is 12.1. The lowest BCUT2D eigenvalue weighted by Gasteiger charge is -2.25. The van der Waals surface area contributed by atoms with Crippen LogP contribution in [0.2, 0.25) is 0 Å². The minimum Gasteiger partial charge on any atom is -0.366 e. The summed E-state index contributed by atoms with van der Waals surface area (Å²) < 4.78 is 1.87. The van der Waals surface area contributed by atoms with Crippen LogP contribution in [0.15, 0.2) is 18.7 Å². The van der Waals surface area contributed by atoms with Crippen molar-refractivity contribution in [2.24, 2.45) is 5.41 Å². The van der Waals surface area contributed by atoms with Crippen LogP contribution in [0, 0.1) is 5.41 Å². The molecule has 0 saturated carbocycles. The van der Waals surface area contributed by atoms with Crippen LogP contribution in [0.5, 0.6) is 0 Å². The standard InChI is InChI=1S/C14H23N5/c1-4-5-6-7-14(2,3)10-16-12-13-18-17-11-19(13)9-8-15-12/h8-9,11H,4-7,10H2,1-3H3,(H,15,16). The molecule has 0 unspecified atom stereocenters. The largest absolute Gasteiger partial charge is 0.366 e. The SMILES string of the molecule is CCCCCC(C)(C)CNc1nccn2cnnc12. The Morgan fingerprint density at radius 2 is 2.16 bits per heavy atom. The van der Waals surface area contributed by atoms with Gasteiger partial charge in [-0.25, -0.2) is 4.98 Å². The molecule has 0 aliphatic heterocycles. The highest BCUT2D eigenvalue weighted by Crippen LogP contribution is 2.24. The lowest BCUT2D eigenvalue weighted by molar-refractivity contribution is 0.342. The van der Waals surface area contributed by atoms with Crippen LogP contribution in [0.4, 0.5) is 5.82 Å². The van der Waals surface area contributed by atoms with Crippen molar-refractivity contribution in [3.63, 3.8) is 0 Å². The molecule has 2 heterocycles. The molecule has 0 amide bonds. The number of aromatic nitrogens is 4. The first-order chi connectivity index (χ1) is 9.12. The first kappa shape index (κ1) is 13.8. The van der Waals surface area contributed by atoms with Crippen molar-refractivity contribution >= 4 is 11.5 Å². The molecule has 0 aromatic carbocycles. The Morgan fingerprint density at radius 3 is 2.95 bits per heavy atom. The Kier molecular flexibility index (Phi) is 4.35. The molecule has 0 saturated heterocycles. The summed E-state index contributed by atoms with van der Waals surface area (Å²) >= 11 is 0. The van der Waals surface area contributed by atoms with Gasteiger partial charge in [-0.1, -0.05) is 40.0 Å². The van der Waals surface area contributed by atoms with Gasteiger partial charge in [-0.05, 0) is 11.8 Å². The predicted octanol–water partition coefficient (Wildman–Crippen LogP) is 3.14. The molecule has 0 aliphatic carbocycles. The normalized spacial score (nSPS) is 11.9. The summed E-state index contributed by atoms with van der Waals surface area (Å²) in [6.07, 6.45) is 10.4. The first-order valence-electron chi connectivity index (χ1n) is 7.00. The van der Waals surface area contributed by atoms with Crippen LogP contribution < -0.4 is 5.32 Å². The van der Waals surface area contributed by atoms with E-state index in [1.165, 1.54) is 25.7 Å². The molecular weight excluding hydrogens is 238 g/mol. The quantitative estimate of drug-likeness (QED) is 0.778. The van der Waals surface area contributed by atoms with Crippen molar-refractivity contribution in [1.82, 2.24) is 19.6 Å². The highest BCUT2D eigenvalue weighted by molar-refractivity contribution is 5.61. The van der Waals surface area contributed by atoms with E-state index in [2.05, 4.69) is 41.3 Å². The highest BCUT2D eigenvalue weighted by atomic mass is 15.2. The van der Waals surface area contributed by atoms with Gasteiger partial charge in [0, 0.05) is 18.9 Å². The molecule has 104 valence electrons. The lowest BCUT2D eigenvalue weighted by Crippen LogP contribution is -2.23. The lowest BCUT2D eigenvalue weighted by atomic mass is 9.87. The molecule has 0 aliphatic rings. The summed E-state index contributed by atoms with van der Waals surface area (Å²) in [5.74, 6) is 0.809. The molecule has 0 atom stereocenters. The maximum atomic E-state index is 4.34. The summed E-state index contributed by atoms with van der Waals surface area (Å²) in [6, 6.07) is 0. The predicted molar refractivity (Wildman–Crippen MR) is 77.2 cm³/mol. The molecule has 19 heavy (non-hydrogen) atoms. The van der Waals surface area contributed by atoms with Gasteiger partial charge < -0.3 is 5.32 Å². The molecule has 0 fully saturated rings. The van der Waals surface area contributed by atoms with E-state index in [9.17, 15) is 0 Å². The Bertz CT molecular complexity index is 517. The molecule has 1 N–H and O–H groups in total. The van der Waals surface area contributed by atoms with Gasteiger partial charge in [-0.3, -0.25) is 4.40 Å². The second kappa shape index (κ2) is 5.99. The molecule has 2 aromatic rings. The van der Waals surface area contributed by atoms with Crippen molar-refractivity contribution in [3.8, 4) is 0 Å². The third-order valence-electron chi connectivity index (χ3n) is 3.41. The monoisotopic (exact) mass is 261 g/mol. The highest BCUT2D eigenvalue weighted by Gasteiger charge is 2.18. The Labute approximate surface area is 114 Å². The summed E-state index contributed by atoms with van der Waals surface area (Å²) in [6.45, 7) is 7.72. The fraction of sp³-hybridized carbons (Fsp3) is 0.643. The Balaban J connectivity index is 1.96. The van der Waals surface area contributed by atoms with E-state index in [-0.39, 0.29) is 5.41 Å². The molecular formula is C14H23N5. The number of nitrogens with one attached hydrogen (secondary N) is 1. The van der Waals surface area contributed by atoms with Crippen LogP contribution >= 0.6 is 0 Å². The molecule has 5 nitrogen and oxygen atoms in total. The van der Waals surface area contributed by atoms with Gasteiger partial charge in [0.2, 0.25) is 5.65 Å². The molecule has 2 rings (SSSR count). The Morgan fingerprint density at radius 1 is 1.32 bits per heavy atom. The first-order valence-corrected chi connectivity index (χ1v) is 7.00. The zero-order chi connectivity index (χ0) is 13.7. The van der Waals surface area contributed by atoms with Crippen molar-refractivity contribution in [2.45, 2.75) is 46.5 Å². The number of rotatable bonds is 7. The van der Waals surface area contributed by atoms with Crippen LogP contribution in [0.25, 0.3) is 5.65 Å². The van der Waals surface area contributed by atoms with Gasteiger partial charge in [0.1, 0.15) is 6.33 Å². The minimum absolute atomic E-state index is 0.268. The van der Waals surface area contributed by atoms with Crippen molar-refractivity contribution in [2.75, 3.05) is 11.9 Å². The van der Waals surface area contributed by atoms with E-state index in [0.717, 1.165) is 18.0 Å². The zero-order valence-corrected chi connectivity index (χ0v) is 12.1. The second-order valence-corrected chi connectivity index (χ2v) is 5.81. The number of nitrogens with zero attached hydrogens (tertiary/aromatic N) is 4. The van der Waals surface area contributed by atoms with E-state index in [1.807, 2.05) is 10.6 Å². The van der Waals surface area contributed by atoms with Crippen LogP contribution in [0.3, 0.4) is 0 Å². The van der Waals surface area contributed by atoms with Crippen molar-refractivity contribution < 1.29 is 0 Å². The van der Waals surface area contributed by atoms with Gasteiger partial charge in [-0.15, -0.1) is 10.2 Å². The average molecular weight is 261 g/mol. The summed E-state index contributed by atoms with van der Waals surface area (Å²) in [4.78, 5) is 4.34. The number of hydrogen-bond acceptors (Lipinski definition) is 4. The fourth-order valence-electron chi connectivity index (χ4n) is 2.15. The molecule has 0 radical (unpaired) electrons. The van der Waals surface area contributed by atoms with E-state index in [0.29, 0.717) is 0 Å². The molecule has 2 aromatic heterocycles. The van der Waals surface area contributed by atoms with E-state index in [4.69, 9.17) is 0 Å². The third-order valence-corrected chi connectivity index (χ3v) is 3.41. The second-order valence-electron chi connectivity index (χ2n) is 5.81. The maximum absolute atomic E-state index is 4.34. The summed E-state index contributed by atoms with van der Waals surface area (Å²) in [5.41, 5.74) is 1.05. The number of hydrogen-bond donors (Lipinski definition) is 1. The molecule has 5 heteroatoms. The van der Waals surface area contributed by atoms with E-state index < -0.39 is 0 Å². The van der Waals surface area contributed by atoms with Gasteiger partial charge in [0.05, 0.1) is 0 Å². The summed E-state index contributed by atoms with van der Waals surface area (Å²) in [5, 5.41) is 11.4. The number of anilines is 1. The smallest absolute Gasteiger partial charge is 0.203 e. The van der Waals surface area contributed by atoms with E-state index >= 15 is 0 Å². The van der Waals surface area contributed by atoms with Crippen molar-refractivity contribution in [1.29, 1.82) is 0 Å². The fourth-order valence-corrected chi connectivity index (χ4v) is 2.15. The van der Waals surface area contributed by atoms with Crippen LogP contribution in [-0.4, -0.2) is 26.1 Å². The van der Waals surface area contributed by atoms with Crippen LogP contribution in [0.1, 0.15) is 46.5 Å².